The van der Waals surface area contributed by atoms with Crippen LogP contribution >= 0.6 is 0 Å². The Labute approximate surface area is 237 Å². The van der Waals surface area contributed by atoms with E-state index in [1.165, 1.54) is 57.0 Å². The van der Waals surface area contributed by atoms with Crippen molar-refractivity contribution in [2.75, 3.05) is 26.4 Å². The van der Waals surface area contributed by atoms with Crippen LogP contribution in [-0.4, -0.2) is 26.4 Å². The maximum absolute atomic E-state index is 5.83. The first kappa shape index (κ1) is 27.1. The molecular weight excluding hydrogens is 496 g/mol. The van der Waals surface area contributed by atoms with E-state index in [2.05, 4.69) is 80.7 Å². The minimum atomic E-state index is 0.325. The van der Waals surface area contributed by atoms with E-state index in [0.717, 1.165) is 24.3 Å². The van der Waals surface area contributed by atoms with Crippen molar-refractivity contribution in [1.29, 1.82) is 0 Å². The predicted molar refractivity (Wildman–Crippen MR) is 163 cm³/mol. The molecule has 0 heterocycles. The summed E-state index contributed by atoms with van der Waals surface area (Å²) in [5.74, 6) is 2.06. The molecule has 4 aromatic carbocycles. The van der Waals surface area contributed by atoms with Crippen LogP contribution in [0.2, 0.25) is 0 Å². The molecular formula is C36H36O4. The minimum Gasteiger partial charge on any atom is -0.502 e. The molecule has 0 N–H and O–H groups in total. The van der Waals surface area contributed by atoms with Crippen LogP contribution in [0.3, 0.4) is 0 Å². The Bertz CT molecular complexity index is 1330. The molecule has 0 fully saturated rings. The summed E-state index contributed by atoms with van der Waals surface area (Å²) in [4.78, 5) is 0. The van der Waals surface area contributed by atoms with E-state index in [9.17, 15) is 0 Å². The van der Waals surface area contributed by atoms with Crippen molar-refractivity contribution < 1.29 is 18.9 Å². The summed E-state index contributed by atoms with van der Waals surface area (Å²) >= 11 is 0. The average molecular weight is 533 g/mol. The Morgan fingerprint density at radius 1 is 0.550 bits per heavy atom. The Morgan fingerprint density at radius 2 is 0.950 bits per heavy atom. The van der Waals surface area contributed by atoms with Gasteiger partial charge in [0, 0.05) is 18.8 Å². The predicted octanol–water partition coefficient (Wildman–Crippen LogP) is 9.01. The summed E-state index contributed by atoms with van der Waals surface area (Å²) in [7, 11) is 0. The van der Waals surface area contributed by atoms with Crippen LogP contribution in [-0.2, 0) is 9.47 Å². The van der Waals surface area contributed by atoms with Gasteiger partial charge in [0.25, 0.3) is 0 Å². The lowest BCUT2D eigenvalue weighted by molar-refractivity contribution is 0.209. The zero-order valence-electron chi connectivity index (χ0n) is 23.1. The number of hydrogen-bond acceptors (Lipinski definition) is 4. The molecule has 0 amide bonds. The Hall–Kier alpha value is -4.44. The van der Waals surface area contributed by atoms with Crippen molar-refractivity contribution in [3.63, 3.8) is 0 Å². The molecule has 40 heavy (non-hydrogen) atoms. The lowest BCUT2D eigenvalue weighted by Gasteiger charge is -2.11. The molecule has 5 rings (SSSR count). The second kappa shape index (κ2) is 13.1. The monoisotopic (exact) mass is 532 g/mol. The molecule has 204 valence electrons. The molecule has 0 bridgehead atoms. The smallest absolute Gasteiger partial charge is 0.119 e. The Kier molecular flexibility index (Phi) is 8.87. The minimum absolute atomic E-state index is 0.325. The van der Waals surface area contributed by atoms with Crippen LogP contribution < -0.4 is 9.47 Å². The van der Waals surface area contributed by atoms with E-state index < -0.39 is 0 Å². The van der Waals surface area contributed by atoms with Crippen molar-refractivity contribution >= 4 is 0 Å². The van der Waals surface area contributed by atoms with Crippen LogP contribution in [0, 0.1) is 0 Å². The molecule has 4 aromatic rings. The van der Waals surface area contributed by atoms with Gasteiger partial charge in [-0.15, -0.1) is 0 Å². The molecule has 0 saturated heterocycles. The number of fused-ring (bicyclic) bond motifs is 3. The SMILES string of the molecule is C=COCCCOc1ccc(-c2ccc3c(c2)C(C)c2cc(-c4ccc(OCCCOC=C)cc4)ccc2-3)cc1. The van der Waals surface area contributed by atoms with Gasteiger partial charge in [0.05, 0.1) is 39.0 Å². The van der Waals surface area contributed by atoms with Crippen LogP contribution in [0.25, 0.3) is 33.4 Å². The second-order valence-corrected chi connectivity index (χ2v) is 9.85. The second-order valence-electron chi connectivity index (χ2n) is 9.85. The van der Waals surface area contributed by atoms with E-state index in [-0.39, 0.29) is 0 Å². The molecule has 0 radical (unpaired) electrons. The number of rotatable bonds is 14. The first-order valence-electron chi connectivity index (χ1n) is 13.9. The van der Waals surface area contributed by atoms with Gasteiger partial charge in [-0.25, -0.2) is 0 Å². The highest BCUT2D eigenvalue weighted by Gasteiger charge is 2.26. The van der Waals surface area contributed by atoms with E-state index in [1.807, 2.05) is 24.3 Å². The number of ether oxygens (including phenoxy) is 4. The maximum Gasteiger partial charge on any atom is 0.119 e. The summed E-state index contributed by atoms with van der Waals surface area (Å²) in [5, 5.41) is 0. The molecule has 0 saturated carbocycles. The Balaban J connectivity index is 1.25. The topological polar surface area (TPSA) is 36.9 Å². The maximum atomic E-state index is 5.83. The number of hydrogen-bond donors (Lipinski definition) is 0. The van der Waals surface area contributed by atoms with Gasteiger partial charge >= 0.3 is 0 Å². The largest absolute Gasteiger partial charge is 0.502 e. The van der Waals surface area contributed by atoms with Gasteiger partial charge in [-0.1, -0.05) is 68.6 Å². The molecule has 4 nitrogen and oxygen atoms in total. The third-order valence-corrected chi connectivity index (χ3v) is 7.29. The lowest BCUT2D eigenvalue weighted by Crippen LogP contribution is -2.00. The lowest BCUT2D eigenvalue weighted by atomic mass is 9.94. The molecule has 4 heteroatoms. The van der Waals surface area contributed by atoms with Crippen molar-refractivity contribution in [1.82, 2.24) is 0 Å². The number of benzene rings is 4. The summed E-state index contributed by atoms with van der Waals surface area (Å²) in [6.45, 7) is 11.9. The van der Waals surface area contributed by atoms with Gasteiger partial charge in [0.1, 0.15) is 11.5 Å². The molecule has 0 atom stereocenters. The molecule has 1 aliphatic carbocycles. The van der Waals surface area contributed by atoms with Crippen LogP contribution in [0.5, 0.6) is 11.5 Å². The summed E-state index contributed by atoms with van der Waals surface area (Å²) in [6.07, 6.45) is 4.57. The Morgan fingerprint density at radius 3 is 1.35 bits per heavy atom. The highest BCUT2D eigenvalue weighted by atomic mass is 16.5. The first-order chi connectivity index (χ1) is 19.7. The van der Waals surface area contributed by atoms with Gasteiger partial charge in [0.2, 0.25) is 0 Å². The fraction of sp³-hybridized carbons (Fsp3) is 0.222. The van der Waals surface area contributed by atoms with Crippen LogP contribution in [0.15, 0.2) is 111 Å². The summed E-state index contributed by atoms with van der Waals surface area (Å²) < 4.78 is 22.0. The average Bonchev–Trinajstić information content (AvgIpc) is 3.28. The van der Waals surface area contributed by atoms with Crippen molar-refractivity contribution in [3.8, 4) is 44.9 Å². The standard InChI is InChI=1S/C36H36O4/c1-4-37-20-6-22-39-31-14-8-27(9-15-31)29-12-18-33-34-19-13-30(25-36(34)26(3)35(33)24-29)28-10-16-32(17-11-28)40-23-7-21-38-5-2/h4-5,8-19,24-26H,1-2,6-7,20-23H2,3H3. The third-order valence-electron chi connectivity index (χ3n) is 7.29. The zero-order valence-corrected chi connectivity index (χ0v) is 23.1. The van der Waals surface area contributed by atoms with Crippen molar-refractivity contribution in [3.05, 3.63) is 122 Å². The van der Waals surface area contributed by atoms with Gasteiger partial charge in [-0.05, 0) is 80.9 Å². The molecule has 0 spiro atoms. The zero-order chi connectivity index (χ0) is 27.7. The van der Waals surface area contributed by atoms with Gasteiger partial charge in [-0.3, -0.25) is 0 Å². The van der Waals surface area contributed by atoms with Gasteiger partial charge in [-0.2, -0.15) is 0 Å². The van der Waals surface area contributed by atoms with Crippen LogP contribution in [0.4, 0.5) is 0 Å². The highest BCUT2D eigenvalue weighted by Crippen LogP contribution is 2.47. The van der Waals surface area contributed by atoms with E-state index in [4.69, 9.17) is 18.9 Å². The normalized spacial score (nSPS) is 11.8. The molecule has 0 unspecified atom stereocenters. The summed E-state index contributed by atoms with van der Waals surface area (Å²) in [6, 6.07) is 30.3. The van der Waals surface area contributed by atoms with Gasteiger partial charge < -0.3 is 18.9 Å². The molecule has 0 aliphatic heterocycles. The fourth-order valence-corrected chi connectivity index (χ4v) is 5.18. The highest BCUT2D eigenvalue weighted by molar-refractivity contribution is 5.84. The van der Waals surface area contributed by atoms with Gasteiger partial charge in [0.15, 0.2) is 0 Å². The molecule has 1 aliphatic rings. The van der Waals surface area contributed by atoms with Crippen molar-refractivity contribution in [2.24, 2.45) is 0 Å². The first-order valence-corrected chi connectivity index (χ1v) is 13.9. The fourth-order valence-electron chi connectivity index (χ4n) is 5.18. The van der Waals surface area contributed by atoms with E-state index >= 15 is 0 Å². The van der Waals surface area contributed by atoms with Crippen molar-refractivity contribution in [2.45, 2.75) is 25.7 Å². The summed E-state index contributed by atoms with van der Waals surface area (Å²) in [5.41, 5.74) is 10.2. The quantitative estimate of drug-likeness (QED) is 0.120. The van der Waals surface area contributed by atoms with Crippen LogP contribution in [0.1, 0.15) is 36.8 Å². The van der Waals surface area contributed by atoms with E-state index in [0.29, 0.717) is 32.3 Å². The third kappa shape index (κ3) is 6.23. The van der Waals surface area contributed by atoms with E-state index in [1.54, 1.807) is 0 Å². The molecule has 0 aromatic heterocycles.